The number of rotatable bonds is 7. The fraction of sp³-hybridized carbons (Fsp3) is 0.458. The van der Waals surface area contributed by atoms with Crippen molar-refractivity contribution in [3.63, 3.8) is 0 Å². The molecule has 1 saturated heterocycles. The van der Waals surface area contributed by atoms with Gasteiger partial charge in [0.2, 0.25) is 0 Å². The van der Waals surface area contributed by atoms with Crippen molar-refractivity contribution < 1.29 is 14.6 Å². The van der Waals surface area contributed by atoms with Gasteiger partial charge in [0.1, 0.15) is 5.75 Å². The van der Waals surface area contributed by atoms with Crippen molar-refractivity contribution in [3.05, 3.63) is 63.1 Å². The molecule has 1 saturated carbocycles. The van der Waals surface area contributed by atoms with Gasteiger partial charge in [-0.1, -0.05) is 23.2 Å². The van der Waals surface area contributed by atoms with E-state index < -0.39 is 5.97 Å². The summed E-state index contributed by atoms with van der Waals surface area (Å²) in [6.45, 7) is 4.89. The number of halogens is 2. The van der Waals surface area contributed by atoms with Gasteiger partial charge >= 0.3 is 5.97 Å². The number of carbonyl (C=O) groups is 1. The highest BCUT2D eigenvalue weighted by molar-refractivity contribution is 6.34. The molecule has 1 atom stereocenters. The van der Waals surface area contributed by atoms with E-state index in [9.17, 15) is 9.90 Å². The first kappa shape index (κ1) is 21.5. The molecule has 2 aliphatic rings. The van der Waals surface area contributed by atoms with E-state index in [-0.39, 0.29) is 6.04 Å². The van der Waals surface area contributed by atoms with Crippen molar-refractivity contribution in [1.82, 2.24) is 4.90 Å². The number of carboxylic acids is 1. The average molecular weight is 448 g/mol. The molecule has 0 amide bonds. The van der Waals surface area contributed by atoms with Crippen LogP contribution < -0.4 is 4.74 Å². The van der Waals surface area contributed by atoms with Crippen molar-refractivity contribution in [2.24, 2.45) is 5.92 Å². The van der Waals surface area contributed by atoms with Crippen LogP contribution in [0.2, 0.25) is 10.0 Å². The predicted octanol–water partition coefficient (Wildman–Crippen LogP) is 6.42. The van der Waals surface area contributed by atoms with E-state index in [0.717, 1.165) is 55.6 Å². The van der Waals surface area contributed by atoms with E-state index in [2.05, 4.69) is 11.8 Å². The molecular weight excluding hydrogens is 421 g/mol. The second-order valence-corrected chi connectivity index (χ2v) is 9.37. The number of aromatic carboxylic acids is 1. The standard InChI is InChI=1S/C24H27Cl2NO3/c1-15(19-10-20(25)13-21(26)11-19)27-8-6-16(7-9-27)14-30-23-5-4-18(24(28)29)12-22(23)17-2-3-17/h4-5,10-13,15-17H,2-3,6-9,14H2,1H3,(H,28,29). The normalized spacial score (nSPS) is 18.9. The molecule has 4 nitrogen and oxygen atoms in total. The van der Waals surface area contributed by atoms with E-state index >= 15 is 0 Å². The summed E-state index contributed by atoms with van der Waals surface area (Å²) in [5.74, 6) is 0.923. The van der Waals surface area contributed by atoms with Gasteiger partial charge in [-0.15, -0.1) is 0 Å². The second kappa shape index (κ2) is 9.17. The van der Waals surface area contributed by atoms with Crippen molar-refractivity contribution in [1.29, 1.82) is 0 Å². The Morgan fingerprint density at radius 1 is 1.10 bits per heavy atom. The SMILES string of the molecule is CC(c1cc(Cl)cc(Cl)c1)N1CCC(COc2ccc(C(=O)O)cc2C2CC2)CC1. The number of hydrogen-bond donors (Lipinski definition) is 1. The molecule has 6 heteroatoms. The smallest absolute Gasteiger partial charge is 0.335 e. The molecule has 0 aromatic heterocycles. The lowest BCUT2D eigenvalue weighted by Crippen LogP contribution is -2.37. The summed E-state index contributed by atoms with van der Waals surface area (Å²) in [5, 5.41) is 10.6. The van der Waals surface area contributed by atoms with Gasteiger partial charge in [-0.2, -0.15) is 0 Å². The molecule has 2 aromatic carbocycles. The van der Waals surface area contributed by atoms with Crippen LogP contribution in [0.1, 0.15) is 66.1 Å². The van der Waals surface area contributed by atoms with Crippen LogP contribution in [0.25, 0.3) is 0 Å². The van der Waals surface area contributed by atoms with E-state index in [0.29, 0.717) is 34.1 Å². The minimum Gasteiger partial charge on any atom is -0.493 e. The molecule has 1 aliphatic carbocycles. The Hall–Kier alpha value is -1.75. The van der Waals surface area contributed by atoms with Crippen LogP contribution >= 0.6 is 23.2 Å². The predicted molar refractivity (Wildman–Crippen MR) is 120 cm³/mol. The van der Waals surface area contributed by atoms with Crippen molar-refractivity contribution in [2.75, 3.05) is 19.7 Å². The Morgan fingerprint density at radius 2 is 1.77 bits per heavy atom. The monoisotopic (exact) mass is 447 g/mol. The fourth-order valence-electron chi connectivity index (χ4n) is 4.27. The Balaban J connectivity index is 1.33. The van der Waals surface area contributed by atoms with Gasteiger partial charge in [0.25, 0.3) is 0 Å². The first-order valence-corrected chi connectivity index (χ1v) is 11.4. The molecule has 1 N–H and O–H groups in total. The van der Waals surface area contributed by atoms with Crippen molar-refractivity contribution in [3.8, 4) is 5.75 Å². The maximum Gasteiger partial charge on any atom is 0.335 e. The summed E-state index contributed by atoms with van der Waals surface area (Å²) in [4.78, 5) is 13.7. The highest BCUT2D eigenvalue weighted by atomic mass is 35.5. The number of ether oxygens (including phenoxy) is 1. The van der Waals surface area contributed by atoms with Gasteiger partial charge in [-0.3, -0.25) is 4.90 Å². The zero-order chi connectivity index (χ0) is 21.3. The molecule has 0 bridgehead atoms. The third kappa shape index (κ3) is 5.11. The molecule has 0 radical (unpaired) electrons. The van der Waals surface area contributed by atoms with Gasteiger partial charge in [0.15, 0.2) is 0 Å². The minimum atomic E-state index is -0.883. The number of likely N-dealkylation sites (tertiary alicyclic amines) is 1. The molecule has 2 aromatic rings. The van der Waals surface area contributed by atoms with Crippen LogP contribution in [0.15, 0.2) is 36.4 Å². The molecule has 30 heavy (non-hydrogen) atoms. The Bertz CT molecular complexity index is 900. The van der Waals surface area contributed by atoms with Crippen LogP contribution in [-0.4, -0.2) is 35.7 Å². The summed E-state index contributed by atoms with van der Waals surface area (Å²) in [6, 6.07) is 11.3. The maximum absolute atomic E-state index is 11.3. The number of hydrogen-bond acceptors (Lipinski definition) is 3. The van der Waals surface area contributed by atoms with Crippen LogP contribution in [0.3, 0.4) is 0 Å². The summed E-state index contributed by atoms with van der Waals surface area (Å²) in [5.41, 5.74) is 2.54. The van der Waals surface area contributed by atoms with Crippen molar-refractivity contribution in [2.45, 2.75) is 44.6 Å². The van der Waals surface area contributed by atoms with Crippen LogP contribution in [0, 0.1) is 5.92 Å². The fourth-order valence-corrected chi connectivity index (χ4v) is 4.81. The first-order valence-electron chi connectivity index (χ1n) is 10.6. The van der Waals surface area contributed by atoms with Gasteiger partial charge in [0, 0.05) is 16.1 Å². The quantitative estimate of drug-likeness (QED) is 0.531. The van der Waals surface area contributed by atoms with E-state index in [4.69, 9.17) is 27.9 Å². The molecule has 0 spiro atoms. The van der Waals surface area contributed by atoms with Gasteiger partial charge in [-0.05, 0) is 105 Å². The molecule has 2 fully saturated rings. The molecule has 1 unspecified atom stereocenters. The maximum atomic E-state index is 11.3. The average Bonchev–Trinajstić information content (AvgIpc) is 3.56. The van der Waals surface area contributed by atoms with Crippen LogP contribution in [-0.2, 0) is 0 Å². The molecule has 160 valence electrons. The van der Waals surface area contributed by atoms with E-state index in [1.165, 1.54) is 0 Å². The lowest BCUT2D eigenvalue weighted by Gasteiger charge is -2.36. The number of piperidine rings is 1. The highest BCUT2D eigenvalue weighted by Crippen LogP contribution is 2.45. The zero-order valence-corrected chi connectivity index (χ0v) is 18.6. The minimum absolute atomic E-state index is 0.271. The molecule has 1 aliphatic heterocycles. The van der Waals surface area contributed by atoms with Crippen LogP contribution in [0.4, 0.5) is 0 Å². The van der Waals surface area contributed by atoms with Gasteiger partial charge in [0.05, 0.1) is 12.2 Å². The topological polar surface area (TPSA) is 49.8 Å². The second-order valence-electron chi connectivity index (χ2n) is 8.50. The zero-order valence-electron chi connectivity index (χ0n) is 17.1. The van der Waals surface area contributed by atoms with Gasteiger partial charge in [-0.25, -0.2) is 4.79 Å². The third-order valence-corrected chi connectivity index (χ3v) is 6.75. The van der Waals surface area contributed by atoms with E-state index in [1.54, 1.807) is 18.2 Å². The lowest BCUT2D eigenvalue weighted by molar-refractivity contribution is 0.0696. The largest absolute Gasteiger partial charge is 0.493 e. The summed E-state index contributed by atoms with van der Waals surface area (Å²) in [6.07, 6.45) is 4.38. The number of benzene rings is 2. The Labute approximate surface area is 187 Å². The molecule has 1 heterocycles. The number of nitrogens with zero attached hydrogens (tertiary/aromatic N) is 1. The number of carboxylic acid groups (broad SMARTS) is 1. The van der Waals surface area contributed by atoms with Crippen LogP contribution in [0.5, 0.6) is 5.75 Å². The summed E-state index contributed by atoms with van der Waals surface area (Å²) >= 11 is 12.3. The Morgan fingerprint density at radius 3 is 2.37 bits per heavy atom. The summed E-state index contributed by atoms with van der Waals surface area (Å²) < 4.78 is 6.18. The molecular formula is C24H27Cl2NO3. The summed E-state index contributed by atoms with van der Waals surface area (Å²) in [7, 11) is 0. The third-order valence-electron chi connectivity index (χ3n) is 6.31. The Kier molecular flexibility index (Phi) is 6.57. The van der Waals surface area contributed by atoms with Crippen molar-refractivity contribution >= 4 is 29.2 Å². The first-order chi connectivity index (χ1) is 14.4. The van der Waals surface area contributed by atoms with Gasteiger partial charge < -0.3 is 9.84 Å². The van der Waals surface area contributed by atoms with E-state index in [1.807, 2.05) is 18.2 Å². The highest BCUT2D eigenvalue weighted by Gasteiger charge is 2.29. The molecule has 4 rings (SSSR count). The lowest BCUT2D eigenvalue weighted by atomic mass is 9.95.